The van der Waals surface area contributed by atoms with E-state index in [-0.39, 0.29) is 0 Å². The van der Waals surface area contributed by atoms with Gasteiger partial charge in [-0.1, -0.05) is 0 Å². The highest BCUT2D eigenvalue weighted by atomic mass is 16.6. The number of ether oxygens (including phenoxy) is 1. The Morgan fingerprint density at radius 1 is 1.40 bits per heavy atom. The van der Waals surface area contributed by atoms with Gasteiger partial charge in [0.2, 0.25) is 0 Å². The van der Waals surface area contributed by atoms with Gasteiger partial charge in [0.05, 0.1) is 0 Å². The van der Waals surface area contributed by atoms with E-state index in [0.717, 1.165) is 0 Å². The van der Waals surface area contributed by atoms with E-state index in [2.05, 4.69) is 4.74 Å². The molecule has 2 unspecified atom stereocenters. The zero-order valence-corrected chi connectivity index (χ0v) is 4.77. The number of aliphatic carboxylic acids is 1. The van der Waals surface area contributed by atoms with E-state index in [4.69, 9.17) is 10.3 Å². The van der Waals surface area contributed by atoms with Crippen LogP contribution in [0.2, 0.25) is 0 Å². The standard InChI is InChI=1S/C4H5NO5/c6-3(5-9)1-2(10-1)4(7)8/h1-2,9H,(H,5,6)(H,7,8). The molecule has 6 nitrogen and oxygen atoms in total. The number of nitrogens with one attached hydrogen (secondary N) is 1. The lowest BCUT2D eigenvalue weighted by Gasteiger charge is -1.87. The summed E-state index contributed by atoms with van der Waals surface area (Å²) in [5.41, 5.74) is 1.28. The predicted molar refractivity (Wildman–Crippen MR) is 26.2 cm³/mol. The summed E-state index contributed by atoms with van der Waals surface area (Å²) in [6, 6.07) is 0. The average Bonchev–Trinajstić information content (AvgIpc) is 2.64. The summed E-state index contributed by atoms with van der Waals surface area (Å²) < 4.78 is 4.36. The van der Waals surface area contributed by atoms with E-state index >= 15 is 0 Å². The first kappa shape index (κ1) is 6.97. The topological polar surface area (TPSA) is 99.2 Å². The molecule has 0 spiro atoms. The van der Waals surface area contributed by atoms with Crippen LogP contribution in [0.4, 0.5) is 0 Å². The van der Waals surface area contributed by atoms with Crippen molar-refractivity contribution in [3.63, 3.8) is 0 Å². The summed E-state index contributed by atoms with van der Waals surface area (Å²) in [5, 5.41) is 16.2. The SMILES string of the molecule is O=C(O)C1OC1C(=O)NO. The number of carbonyl (C=O) groups is 2. The highest BCUT2D eigenvalue weighted by Crippen LogP contribution is 2.21. The molecule has 10 heavy (non-hydrogen) atoms. The molecular weight excluding hydrogens is 142 g/mol. The molecule has 2 atom stereocenters. The maximum Gasteiger partial charge on any atom is 0.336 e. The Balaban J connectivity index is 2.38. The lowest BCUT2D eigenvalue weighted by molar-refractivity contribution is -0.138. The molecule has 0 aromatic heterocycles. The molecule has 1 fully saturated rings. The van der Waals surface area contributed by atoms with E-state index in [1.165, 1.54) is 5.48 Å². The van der Waals surface area contributed by atoms with Gasteiger partial charge in [-0.15, -0.1) is 0 Å². The fourth-order valence-corrected chi connectivity index (χ4v) is 0.563. The first-order valence-corrected chi connectivity index (χ1v) is 2.49. The number of carbonyl (C=O) groups excluding carboxylic acids is 1. The summed E-state index contributed by atoms with van der Waals surface area (Å²) in [5.74, 6) is -2.03. The van der Waals surface area contributed by atoms with Crippen LogP contribution in [0.15, 0.2) is 0 Å². The minimum Gasteiger partial charge on any atom is -0.479 e. The van der Waals surface area contributed by atoms with Crippen LogP contribution in [0.25, 0.3) is 0 Å². The highest BCUT2D eigenvalue weighted by Gasteiger charge is 2.50. The van der Waals surface area contributed by atoms with E-state index in [1.54, 1.807) is 0 Å². The van der Waals surface area contributed by atoms with Crippen molar-refractivity contribution < 1.29 is 24.6 Å². The van der Waals surface area contributed by atoms with Crippen LogP contribution in [0.5, 0.6) is 0 Å². The first-order valence-electron chi connectivity index (χ1n) is 2.49. The Kier molecular flexibility index (Phi) is 1.56. The Bertz CT molecular complexity index is 178. The van der Waals surface area contributed by atoms with Crippen molar-refractivity contribution >= 4 is 11.9 Å². The lowest BCUT2D eigenvalue weighted by atomic mass is 10.3. The monoisotopic (exact) mass is 147 g/mol. The maximum atomic E-state index is 10.3. The molecule has 1 rings (SSSR count). The largest absolute Gasteiger partial charge is 0.479 e. The third-order valence-electron chi connectivity index (χ3n) is 1.10. The Hall–Kier alpha value is -1.14. The minimum absolute atomic E-state index is 0.826. The fraction of sp³-hybridized carbons (Fsp3) is 0.500. The molecule has 0 radical (unpaired) electrons. The number of hydrogen-bond acceptors (Lipinski definition) is 4. The van der Waals surface area contributed by atoms with Crippen molar-refractivity contribution in [3.8, 4) is 0 Å². The normalized spacial score (nSPS) is 29.3. The van der Waals surface area contributed by atoms with Crippen molar-refractivity contribution in [1.82, 2.24) is 5.48 Å². The predicted octanol–water partition coefficient (Wildman–Crippen LogP) is -1.66. The molecule has 0 bridgehead atoms. The second-order valence-electron chi connectivity index (χ2n) is 1.79. The van der Waals surface area contributed by atoms with Gasteiger partial charge in [-0.2, -0.15) is 0 Å². The van der Waals surface area contributed by atoms with Crippen molar-refractivity contribution in [3.05, 3.63) is 0 Å². The Morgan fingerprint density at radius 2 is 2.00 bits per heavy atom. The quantitative estimate of drug-likeness (QED) is 0.247. The summed E-state index contributed by atoms with van der Waals surface area (Å²) >= 11 is 0. The van der Waals surface area contributed by atoms with Crippen LogP contribution in [-0.2, 0) is 14.3 Å². The summed E-state index contributed by atoms with van der Waals surface area (Å²) in [6.45, 7) is 0. The van der Waals surface area contributed by atoms with E-state index in [0.29, 0.717) is 0 Å². The zero-order chi connectivity index (χ0) is 7.72. The molecule has 1 heterocycles. The highest BCUT2D eigenvalue weighted by molar-refractivity contribution is 5.91. The van der Waals surface area contributed by atoms with Crippen LogP contribution >= 0.6 is 0 Å². The molecule has 0 aromatic carbocycles. The third-order valence-corrected chi connectivity index (χ3v) is 1.10. The van der Waals surface area contributed by atoms with Gasteiger partial charge in [-0.25, -0.2) is 10.3 Å². The average molecular weight is 147 g/mol. The molecule has 6 heteroatoms. The molecule has 56 valence electrons. The maximum absolute atomic E-state index is 10.3. The van der Waals surface area contributed by atoms with Gasteiger partial charge in [-0.05, 0) is 0 Å². The smallest absolute Gasteiger partial charge is 0.336 e. The van der Waals surface area contributed by atoms with Gasteiger partial charge in [0.25, 0.3) is 5.91 Å². The molecule has 0 aliphatic carbocycles. The summed E-state index contributed by atoms with van der Waals surface area (Å²) in [4.78, 5) is 20.3. The second kappa shape index (κ2) is 2.24. The van der Waals surface area contributed by atoms with Crippen LogP contribution in [0, 0.1) is 0 Å². The molecular formula is C4H5NO5. The molecule has 1 amide bonds. The first-order chi connectivity index (χ1) is 4.66. The van der Waals surface area contributed by atoms with Crippen LogP contribution in [0.1, 0.15) is 0 Å². The molecule has 3 N–H and O–H groups in total. The minimum atomic E-state index is -1.20. The number of carboxylic acid groups (broad SMARTS) is 1. The van der Waals surface area contributed by atoms with Gasteiger partial charge in [0.15, 0.2) is 12.2 Å². The summed E-state index contributed by atoms with van der Waals surface area (Å²) in [6.07, 6.45) is -2.12. The number of amides is 1. The van der Waals surface area contributed by atoms with Crippen LogP contribution in [-0.4, -0.2) is 34.4 Å². The Labute approximate surface area is 55.4 Å². The van der Waals surface area contributed by atoms with Crippen LogP contribution < -0.4 is 5.48 Å². The van der Waals surface area contributed by atoms with Gasteiger partial charge >= 0.3 is 5.97 Å². The van der Waals surface area contributed by atoms with Crippen molar-refractivity contribution in [2.45, 2.75) is 12.2 Å². The number of hydrogen-bond donors (Lipinski definition) is 3. The van der Waals surface area contributed by atoms with Crippen molar-refractivity contribution in [2.75, 3.05) is 0 Å². The number of carboxylic acids is 1. The fourth-order valence-electron chi connectivity index (χ4n) is 0.563. The number of hydroxylamine groups is 1. The molecule has 0 saturated carbocycles. The van der Waals surface area contributed by atoms with Gasteiger partial charge < -0.3 is 9.84 Å². The number of rotatable bonds is 2. The second-order valence-corrected chi connectivity index (χ2v) is 1.79. The zero-order valence-electron chi connectivity index (χ0n) is 4.77. The van der Waals surface area contributed by atoms with E-state index in [9.17, 15) is 9.59 Å². The van der Waals surface area contributed by atoms with Gasteiger partial charge in [-0.3, -0.25) is 10.0 Å². The summed E-state index contributed by atoms with van der Waals surface area (Å²) in [7, 11) is 0. The third kappa shape index (κ3) is 1.07. The van der Waals surface area contributed by atoms with Gasteiger partial charge in [0, 0.05) is 0 Å². The van der Waals surface area contributed by atoms with Crippen molar-refractivity contribution in [1.29, 1.82) is 0 Å². The van der Waals surface area contributed by atoms with Gasteiger partial charge in [0.1, 0.15) is 0 Å². The Morgan fingerprint density at radius 3 is 2.30 bits per heavy atom. The lowest BCUT2D eigenvalue weighted by Crippen LogP contribution is -2.27. The molecule has 1 saturated heterocycles. The number of epoxide rings is 1. The molecule has 1 aliphatic rings. The van der Waals surface area contributed by atoms with E-state index < -0.39 is 24.1 Å². The molecule has 1 aliphatic heterocycles. The van der Waals surface area contributed by atoms with E-state index in [1.807, 2.05) is 0 Å². The molecule has 0 aromatic rings. The van der Waals surface area contributed by atoms with Crippen molar-refractivity contribution in [2.24, 2.45) is 0 Å². The van der Waals surface area contributed by atoms with Crippen LogP contribution in [0.3, 0.4) is 0 Å².